The largest absolute Gasteiger partial charge is 0.481 e. The van der Waals surface area contributed by atoms with Crippen molar-refractivity contribution in [2.45, 2.75) is 52.2 Å². The van der Waals surface area contributed by atoms with Gasteiger partial charge in [-0.05, 0) is 50.7 Å². The van der Waals surface area contributed by atoms with Crippen molar-refractivity contribution < 1.29 is 14.6 Å². The van der Waals surface area contributed by atoms with Gasteiger partial charge in [0, 0.05) is 0 Å². The SMILES string of the molecule is Cc1ccc(C)c(COC2CCC(C(=O)O)CC2)c1. The minimum absolute atomic E-state index is 0.166. The molecule has 1 fully saturated rings. The topological polar surface area (TPSA) is 46.5 Å². The number of aryl methyl sites for hydroxylation is 2. The van der Waals surface area contributed by atoms with E-state index < -0.39 is 5.97 Å². The molecule has 0 amide bonds. The second kappa shape index (κ2) is 6.20. The maximum absolute atomic E-state index is 10.9. The van der Waals surface area contributed by atoms with Gasteiger partial charge in [-0.15, -0.1) is 0 Å². The first-order chi connectivity index (χ1) is 9.06. The second-order valence-corrected chi connectivity index (χ2v) is 5.55. The summed E-state index contributed by atoms with van der Waals surface area (Å²) in [6.07, 6.45) is 3.43. The molecule has 0 heterocycles. The third-order valence-electron chi connectivity index (χ3n) is 4.00. The maximum Gasteiger partial charge on any atom is 0.306 e. The van der Waals surface area contributed by atoms with Crippen molar-refractivity contribution in [2.24, 2.45) is 5.92 Å². The molecule has 0 bridgehead atoms. The molecule has 0 unspecified atom stereocenters. The smallest absolute Gasteiger partial charge is 0.306 e. The van der Waals surface area contributed by atoms with Gasteiger partial charge in [-0.25, -0.2) is 0 Å². The van der Waals surface area contributed by atoms with Crippen LogP contribution in [-0.2, 0) is 16.1 Å². The molecule has 0 aromatic heterocycles. The summed E-state index contributed by atoms with van der Waals surface area (Å²) in [5.74, 6) is -0.825. The highest BCUT2D eigenvalue weighted by Gasteiger charge is 2.26. The second-order valence-electron chi connectivity index (χ2n) is 5.55. The molecule has 19 heavy (non-hydrogen) atoms. The van der Waals surface area contributed by atoms with Crippen molar-refractivity contribution in [3.63, 3.8) is 0 Å². The lowest BCUT2D eigenvalue weighted by Gasteiger charge is -2.26. The van der Waals surface area contributed by atoms with E-state index in [1.54, 1.807) is 0 Å². The van der Waals surface area contributed by atoms with Crippen LogP contribution in [0, 0.1) is 19.8 Å². The molecule has 3 nitrogen and oxygen atoms in total. The molecule has 1 N–H and O–H groups in total. The summed E-state index contributed by atoms with van der Waals surface area (Å²) in [4.78, 5) is 10.9. The molecule has 1 aliphatic rings. The van der Waals surface area contributed by atoms with Crippen LogP contribution in [0.5, 0.6) is 0 Å². The van der Waals surface area contributed by atoms with Crippen LogP contribution in [0.2, 0.25) is 0 Å². The van der Waals surface area contributed by atoms with Crippen molar-refractivity contribution in [3.05, 3.63) is 34.9 Å². The highest BCUT2D eigenvalue weighted by Crippen LogP contribution is 2.27. The number of carboxylic acids is 1. The number of aliphatic carboxylic acids is 1. The van der Waals surface area contributed by atoms with Crippen molar-refractivity contribution in [1.29, 1.82) is 0 Å². The molecule has 1 aromatic carbocycles. The molecule has 1 saturated carbocycles. The number of ether oxygens (including phenoxy) is 1. The van der Waals surface area contributed by atoms with E-state index in [2.05, 4.69) is 32.0 Å². The lowest BCUT2D eigenvalue weighted by molar-refractivity contribution is -0.143. The van der Waals surface area contributed by atoms with E-state index in [1.165, 1.54) is 16.7 Å². The number of hydrogen-bond acceptors (Lipinski definition) is 2. The number of carboxylic acid groups (broad SMARTS) is 1. The Labute approximate surface area is 114 Å². The maximum atomic E-state index is 10.9. The van der Waals surface area contributed by atoms with Crippen LogP contribution in [0.1, 0.15) is 42.4 Å². The molecule has 0 radical (unpaired) electrons. The van der Waals surface area contributed by atoms with E-state index in [-0.39, 0.29) is 12.0 Å². The lowest BCUT2D eigenvalue weighted by Crippen LogP contribution is -2.26. The summed E-state index contributed by atoms with van der Waals surface area (Å²) in [5, 5.41) is 8.96. The highest BCUT2D eigenvalue weighted by molar-refractivity contribution is 5.70. The Morgan fingerprint density at radius 2 is 1.95 bits per heavy atom. The first-order valence-electron chi connectivity index (χ1n) is 6.97. The fourth-order valence-electron chi connectivity index (χ4n) is 2.64. The predicted octanol–water partition coefficient (Wildman–Crippen LogP) is 3.46. The summed E-state index contributed by atoms with van der Waals surface area (Å²) in [6.45, 7) is 4.82. The van der Waals surface area contributed by atoms with Crippen molar-refractivity contribution in [1.82, 2.24) is 0 Å². The van der Waals surface area contributed by atoms with Gasteiger partial charge in [-0.1, -0.05) is 23.8 Å². The van der Waals surface area contributed by atoms with Gasteiger partial charge >= 0.3 is 5.97 Å². The molecule has 3 heteroatoms. The fourth-order valence-corrected chi connectivity index (χ4v) is 2.64. The average Bonchev–Trinajstić information content (AvgIpc) is 2.40. The molecule has 1 aromatic rings. The van der Waals surface area contributed by atoms with E-state index in [1.807, 2.05) is 0 Å². The van der Waals surface area contributed by atoms with Crippen LogP contribution in [0.15, 0.2) is 18.2 Å². The van der Waals surface area contributed by atoms with Crippen LogP contribution < -0.4 is 0 Å². The Morgan fingerprint density at radius 1 is 1.26 bits per heavy atom. The molecule has 2 rings (SSSR count). The summed E-state index contributed by atoms with van der Waals surface area (Å²) in [5.41, 5.74) is 3.74. The highest BCUT2D eigenvalue weighted by atomic mass is 16.5. The predicted molar refractivity (Wildman–Crippen MR) is 74.1 cm³/mol. The molecular weight excluding hydrogens is 240 g/mol. The van der Waals surface area contributed by atoms with Gasteiger partial charge < -0.3 is 9.84 Å². The van der Waals surface area contributed by atoms with Crippen molar-refractivity contribution >= 4 is 5.97 Å². The van der Waals surface area contributed by atoms with E-state index in [0.717, 1.165) is 25.7 Å². The number of benzene rings is 1. The number of hydrogen-bond donors (Lipinski definition) is 1. The van der Waals surface area contributed by atoms with Crippen molar-refractivity contribution in [2.75, 3.05) is 0 Å². The number of carbonyl (C=O) groups is 1. The summed E-state index contributed by atoms with van der Waals surface area (Å²) < 4.78 is 5.94. The van der Waals surface area contributed by atoms with Crippen LogP contribution in [0.25, 0.3) is 0 Å². The molecule has 1 aliphatic carbocycles. The molecular formula is C16H22O3. The van der Waals surface area contributed by atoms with Gasteiger partial charge in [0.05, 0.1) is 18.6 Å². The first kappa shape index (κ1) is 14.1. The molecule has 0 aliphatic heterocycles. The minimum atomic E-state index is -0.659. The van der Waals surface area contributed by atoms with Gasteiger partial charge in [0.1, 0.15) is 0 Å². The monoisotopic (exact) mass is 262 g/mol. The van der Waals surface area contributed by atoms with E-state index in [0.29, 0.717) is 6.61 Å². The van der Waals surface area contributed by atoms with Crippen LogP contribution in [-0.4, -0.2) is 17.2 Å². The van der Waals surface area contributed by atoms with E-state index in [4.69, 9.17) is 9.84 Å². The summed E-state index contributed by atoms with van der Waals surface area (Å²) >= 11 is 0. The first-order valence-corrected chi connectivity index (χ1v) is 6.97. The van der Waals surface area contributed by atoms with Crippen LogP contribution >= 0.6 is 0 Å². The lowest BCUT2D eigenvalue weighted by atomic mass is 9.87. The normalized spacial score (nSPS) is 23.3. The standard InChI is InChI=1S/C16H22O3/c1-11-3-4-12(2)14(9-11)10-19-15-7-5-13(6-8-15)16(17)18/h3-4,9,13,15H,5-8,10H2,1-2H3,(H,17,18). The zero-order valence-corrected chi connectivity index (χ0v) is 11.7. The van der Waals surface area contributed by atoms with Crippen LogP contribution in [0.4, 0.5) is 0 Å². The van der Waals surface area contributed by atoms with E-state index >= 15 is 0 Å². The van der Waals surface area contributed by atoms with Gasteiger partial charge in [-0.3, -0.25) is 4.79 Å². The Kier molecular flexibility index (Phi) is 4.59. The van der Waals surface area contributed by atoms with Gasteiger partial charge in [-0.2, -0.15) is 0 Å². The fraction of sp³-hybridized carbons (Fsp3) is 0.562. The van der Waals surface area contributed by atoms with Gasteiger partial charge in [0.2, 0.25) is 0 Å². The zero-order chi connectivity index (χ0) is 13.8. The summed E-state index contributed by atoms with van der Waals surface area (Å²) in [7, 11) is 0. The Bertz CT molecular complexity index is 445. The average molecular weight is 262 g/mol. The Morgan fingerprint density at radius 3 is 2.58 bits per heavy atom. The van der Waals surface area contributed by atoms with Crippen LogP contribution in [0.3, 0.4) is 0 Å². The molecule has 0 saturated heterocycles. The van der Waals surface area contributed by atoms with Gasteiger partial charge in [0.15, 0.2) is 0 Å². The van der Waals surface area contributed by atoms with Gasteiger partial charge in [0.25, 0.3) is 0 Å². The molecule has 104 valence electrons. The molecule has 0 spiro atoms. The Hall–Kier alpha value is -1.35. The third kappa shape index (κ3) is 3.80. The Balaban J connectivity index is 1.83. The number of rotatable bonds is 4. The third-order valence-corrected chi connectivity index (χ3v) is 4.00. The molecule has 0 atom stereocenters. The van der Waals surface area contributed by atoms with E-state index in [9.17, 15) is 4.79 Å². The minimum Gasteiger partial charge on any atom is -0.481 e. The quantitative estimate of drug-likeness (QED) is 0.903. The summed E-state index contributed by atoms with van der Waals surface area (Å²) in [6, 6.07) is 6.39. The van der Waals surface area contributed by atoms with Crippen molar-refractivity contribution in [3.8, 4) is 0 Å². The zero-order valence-electron chi connectivity index (χ0n) is 11.7.